The summed E-state index contributed by atoms with van der Waals surface area (Å²) in [5, 5.41) is 0. The third kappa shape index (κ3) is 4.27. The second-order valence-corrected chi connectivity index (χ2v) is 10.0. The van der Waals surface area contributed by atoms with Crippen LogP contribution in [-0.4, -0.2) is 62.2 Å². The number of hydrogen-bond donors (Lipinski definition) is 0. The van der Waals surface area contributed by atoms with Gasteiger partial charge in [0.15, 0.2) is 0 Å². The van der Waals surface area contributed by atoms with E-state index in [9.17, 15) is 22.4 Å². The summed E-state index contributed by atoms with van der Waals surface area (Å²) in [7, 11) is -3.82. The number of nitrogens with zero attached hydrogens (tertiary/aromatic N) is 3. The zero-order chi connectivity index (χ0) is 22.9. The van der Waals surface area contributed by atoms with E-state index in [0.717, 1.165) is 23.7 Å². The molecule has 4 rings (SSSR count). The third-order valence-corrected chi connectivity index (χ3v) is 8.02. The van der Waals surface area contributed by atoms with Crippen molar-refractivity contribution >= 4 is 27.5 Å². The highest BCUT2D eigenvalue weighted by atomic mass is 32.2. The maximum atomic E-state index is 13.5. The van der Waals surface area contributed by atoms with Gasteiger partial charge in [-0.15, -0.1) is 0 Å². The molecule has 2 aliphatic rings. The Bertz CT molecular complexity index is 1130. The van der Waals surface area contributed by atoms with Gasteiger partial charge in [-0.25, -0.2) is 12.8 Å². The summed E-state index contributed by atoms with van der Waals surface area (Å²) in [4.78, 5) is 28.9. The largest absolute Gasteiger partial charge is 0.340 e. The molecule has 0 aromatic heterocycles. The molecule has 0 N–H and O–H groups in total. The van der Waals surface area contributed by atoms with E-state index < -0.39 is 21.8 Å². The molecule has 9 heteroatoms. The van der Waals surface area contributed by atoms with Gasteiger partial charge in [0.1, 0.15) is 5.82 Å². The molecule has 170 valence electrons. The molecule has 32 heavy (non-hydrogen) atoms. The number of aryl methyl sites for hydroxylation is 1. The number of rotatable bonds is 5. The predicted octanol–water partition coefficient (Wildman–Crippen LogP) is 2.27. The van der Waals surface area contributed by atoms with E-state index in [1.54, 1.807) is 9.80 Å². The average molecular weight is 460 g/mol. The number of amides is 2. The Morgan fingerprint density at radius 2 is 1.78 bits per heavy atom. The Morgan fingerprint density at radius 3 is 2.47 bits per heavy atom. The van der Waals surface area contributed by atoms with Crippen molar-refractivity contribution in [1.29, 1.82) is 0 Å². The first kappa shape index (κ1) is 22.4. The van der Waals surface area contributed by atoms with Crippen molar-refractivity contribution < 1.29 is 22.4 Å². The Morgan fingerprint density at radius 1 is 1.06 bits per heavy atom. The molecule has 2 heterocycles. The lowest BCUT2D eigenvalue weighted by Crippen LogP contribution is -2.52. The summed E-state index contributed by atoms with van der Waals surface area (Å²) >= 11 is 0. The fourth-order valence-corrected chi connectivity index (χ4v) is 5.82. The van der Waals surface area contributed by atoms with Gasteiger partial charge in [0.05, 0.1) is 10.8 Å². The summed E-state index contributed by atoms with van der Waals surface area (Å²) < 4.78 is 40.3. The number of anilines is 1. The highest BCUT2D eigenvalue weighted by Crippen LogP contribution is 2.30. The molecule has 2 aromatic rings. The Hall–Kier alpha value is -2.78. The number of hydrogen-bond acceptors (Lipinski definition) is 4. The van der Waals surface area contributed by atoms with Crippen LogP contribution in [-0.2, 0) is 26.0 Å². The Labute approximate surface area is 187 Å². The highest BCUT2D eigenvalue weighted by molar-refractivity contribution is 7.89. The summed E-state index contributed by atoms with van der Waals surface area (Å²) in [6.45, 7) is 3.10. The van der Waals surface area contributed by atoms with Crippen LogP contribution in [0, 0.1) is 11.7 Å². The van der Waals surface area contributed by atoms with Crippen LogP contribution in [0.1, 0.15) is 18.9 Å². The molecule has 2 saturated heterocycles. The van der Waals surface area contributed by atoms with Crippen LogP contribution >= 0.6 is 0 Å². The standard InChI is InChI=1S/C23H26FN3O4S/c1-2-17-6-3-4-9-21(17)27-16-18(14-22(27)28)23(29)25-10-12-26(13-11-25)32(30,31)20-8-5-7-19(24)15-20/h3-9,15,18H,2,10-14,16H2,1H3. The molecule has 1 atom stereocenters. The molecular weight excluding hydrogens is 433 g/mol. The molecule has 2 aromatic carbocycles. The molecule has 0 spiro atoms. The van der Waals surface area contributed by atoms with Gasteiger partial charge in [0.25, 0.3) is 0 Å². The van der Waals surface area contributed by atoms with Crippen LogP contribution in [0.4, 0.5) is 10.1 Å². The average Bonchev–Trinajstić information content (AvgIpc) is 3.20. The van der Waals surface area contributed by atoms with Gasteiger partial charge in [-0.1, -0.05) is 31.2 Å². The SMILES string of the molecule is CCc1ccccc1N1CC(C(=O)N2CCN(S(=O)(=O)c3cccc(F)c3)CC2)CC1=O. The number of carbonyl (C=O) groups is 2. The van der Waals surface area contributed by atoms with Crippen LogP contribution in [0.3, 0.4) is 0 Å². The number of para-hydroxylation sites is 1. The topological polar surface area (TPSA) is 78.0 Å². The minimum Gasteiger partial charge on any atom is -0.340 e. The first-order chi connectivity index (χ1) is 15.3. The van der Waals surface area contributed by atoms with Crippen molar-refractivity contribution in [3.05, 3.63) is 59.9 Å². The first-order valence-electron chi connectivity index (χ1n) is 10.7. The second kappa shape index (κ2) is 8.99. The fraction of sp³-hybridized carbons (Fsp3) is 0.391. The maximum absolute atomic E-state index is 13.5. The molecular formula is C23H26FN3O4S. The van der Waals surface area contributed by atoms with Crippen molar-refractivity contribution in [2.24, 2.45) is 5.92 Å². The first-order valence-corrected chi connectivity index (χ1v) is 12.2. The van der Waals surface area contributed by atoms with Crippen molar-refractivity contribution in [1.82, 2.24) is 9.21 Å². The number of benzene rings is 2. The van der Waals surface area contributed by atoms with E-state index in [-0.39, 0.29) is 49.3 Å². The van der Waals surface area contributed by atoms with E-state index in [2.05, 4.69) is 0 Å². The zero-order valence-corrected chi connectivity index (χ0v) is 18.7. The van der Waals surface area contributed by atoms with Crippen molar-refractivity contribution in [3.8, 4) is 0 Å². The van der Waals surface area contributed by atoms with Crippen LogP contribution in [0.2, 0.25) is 0 Å². The third-order valence-electron chi connectivity index (χ3n) is 6.12. The Kier molecular flexibility index (Phi) is 6.30. The summed E-state index contributed by atoms with van der Waals surface area (Å²) in [5.74, 6) is -1.26. The summed E-state index contributed by atoms with van der Waals surface area (Å²) in [5.41, 5.74) is 1.91. The predicted molar refractivity (Wildman–Crippen MR) is 118 cm³/mol. The smallest absolute Gasteiger partial charge is 0.243 e. The van der Waals surface area contributed by atoms with Crippen LogP contribution in [0.25, 0.3) is 0 Å². The number of sulfonamides is 1. The number of carbonyl (C=O) groups excluding carboxylic acids is 2. The molecule has 7 nitrogen and oxygen atoms in total. The number of halogens is 1. The molecule has 0 bridgehead atoms. The van der Waals surface area contributed by atoms with Crippen molar-refractivity contribution in [3.63, 3.8) is 0 Å². The molecule has 0 saturated carbocycles. The molecule has 2 fully saturated rings. The van der Waals surface area contributed by atoms with E-state index >= 15 is 0 Å². The lowest BCUT2D eigenvalue weighted by molar-refractivity contribution is -0.136. The van der Waals surface area contributed by atoms with E-state index in [0.29, 0.717) is 6.54 Å². The van der Waals surface area contributed by atoms with Gasteiger partial charge in [0, 0.05) is 44.8 Å². The molecule has 0 aliphatic carbocycles. The van der Waals surface area contributed by atoms with Gasteiger partial charge in [-0.3, -0.25) is 9.59 Å². The van der Waals surface area contributed by atoms with E-state index in [4.69, 9.17) is 0 Å². The molecule has 2 aliphatic heterocycles. The van der Waals surface area contributed by atoms with E-state index in [1.807, 2.05) is 31.2 Å². The molecule has 0 radical (unpaired) electrons. The monoisotopic (exact) mass is 459 g/mol. The molecule has 2 amide bonds. The quantitative estimate of drug-likeness (QED) is 0.687. The van der Waals surface area contributed by atoms with Gasteiger partial charge in [0.2, 0.25) is 21.8 Å². The van der Waals surface area contributed by atoms with Gasteiger partial charge >= 0.3 is 0 Å². The van der Waals surface area contributed by atoms with Gasteiger partial charge < -0.3 is 9.80 Å². The second-order valence-electron chi connectivity index (χ2n) is 8.07. The van der Waals surface area contributed by atoms with Gasteiger partial charge in [-0.2, -0.15) is 4.31 Å². The number of piperazine rings is 1. The summed E-state index contributed by atoms with van der Waals surface area (Å²) in [6, 6.07) is 12.6. The minimum atomic E-state index is -3.82. The van der Waals surface area contributed by atoms with Crippen LogP contribution in [0.15, 0.2) is 53.4 Å². The summed E-state index contributed by atoms with van der Waals surface area (Å²) in [6.07, 6.45) is 0.943. The minimum absolute atomic E-state index is 0.0726. The molecule has 1 unspecified atom stereocenters. The Balaban J connectivity index is 1.40. The lowest BCUT2D eigenvalue weighted by Gasteiger charge is -2.35. The fourth-order valence-electron chi connectivity index (χ4n) is 4.36. The van der Waals surface area contributed by atoms with Crippen LogP contribution < -0.4 is 4.90 Å². The maximum Gasteiger partial charge on any atom is 0.243 e. The lowest BCUT2D eigenvalue weighted by atomic mass is 10.1. The van der Waals surface area contributed by atoms with Gasteiger partial charge in [-0.05, 0) is 36.2 Å². The normalized spacial score (nSPS) is 20.1. The zero-order valence-electron chi connectivity index (χ0n) is 17.9. The van der Waals surface area contributed by atoms with Crippen molar-refractivity contribution in [2.45, 2.75) is 24.7 Å². The van der Waals surface area contributed by atoms with Crippen LogP contribution in [0.5, 0.6) is 0 Å². The van der Waals surface area contributed by atoms with E-state index in [1.165, 1.54) is 22.5 Å². The highest BCUT2D eigenvalue weighted by Gasteiger charge is 2.39. The van der Waals surface area contributed by atoms with Crippen molar-refractivity contribution in [2.75, 3.05) is 37.6 Å².